The van der Waals surface area contributed by atoms with E-state index in [0.29, 0.717) is 6.07 Å². The van der Waals surface area contributed by atoms with Crippen molar-refractivity contribution < 1.29 is 35.1 Å². The third kappa shape index (κ3) is 4.13. The van der Waals surface area contributed by atoms with Gasteiger partial charge in [0.05, 0.1) is 10.6 Å². The second-order valence-electron chi connectivity index (χ2n) is 4.66. The largest absolute Gasteiger partial charge is 0.573 e. The molecule has 0 aliphatic rings. The SMILES string of the molecule is Cc1c(F)ccc(NS(=O)(=O)c2cccc(OC(F)(F)F)c2)c1F. The monoisotopic (exact) mass is 367 g/mol. The lowest BCUT2D eigenvalue weighted by molar-refractivity contribution is -0.274. The van der Waals surface area contributed by atoms with E-state index >= 15 is 0 Å². The zero-order valence-electron chi connectivity index (χ0n) is 12.0. The van der Waals surface area contributed by atoms with Crippen LogP contribution in [0.25, 0.3) is 0 Å². The van der Waals surface area contributed by atoms with Crippen molar-refractivity contribution in [1.82, 2.24) is 0 Å². The summed E-state index contributed by atoms with van der Waals surface area (Å²) in [6.07, 6.45) is -4.99. The Morgan fingerprint density at radius 1 is 1.08 bits per heavy atom. The maximum absolute atomic E-state index is 13.9. The Hall–Kier alpha value is -2.36. The van der Waals surface area contributed by atoms with Crippen LogP contribution in [0.3, 0.4) is 0 Å². The van der Waals surface area contributed by atoms with Gasteiger partial charge in [-0.1, -0.05) is 6.07 Å². The first-order valence-electron chi connectivity index (χ1n) is 6.33. The lowest BCUT2D eigenvalue weighted by Crippen LogP contribution is -2.18. The molecule has 10 heteroatoms. The van der Waals surface area contributed by atoms with Crippen molar-refractivity contribution in [1.29, 1.82) is 0 Å². The summed E-state index contributed by atoms with van der Waals surface area (Å²) in [6, 6.07) is 5.30. The molecule has 0 aliphatic heterocycles. The molecule has 24 heavy (non-hydrogen) atoms. The van der Waals surface area contributed by atoms with Gasteiger partial charge >= 0.3 is 6.36 Å². The summed E-state index contributed by atoms with van der Waals surface area (Å²) < 4.78 is 93.4. The van der Waals surface area contributed by atoms with Gasteiger partial charge in [0.25, 0.3) is 10.0 Å². The van der Waals surface area contributed by atoms with Crippen molar-refractivity contribution in [3.63, 3.8) is 0 Å². The second-order valence-corrected chi connectivity index (χ2v) is 6.34. The lowest BCUT2D eigenvalue weighted by atomic mass is 10.2. The summed E-state index contributed by atoms with van der Waals surface area (Å²) in [5.41, 5.74) is -0.930. The van der Waals surface area contributed by atoms with Crippen LogP contribution in [0.15, 0.2) is 41.3 Å². The maximum atomic E-state index is 13.9. The molecule has 0 radical (unpaired) electrons. The van der Waals surface area contributed by atoms with E-state index in [1.165, 1.54) is 0 Å². The molecule has 0 aliphatic carbocycles. The van der Waals surface area contributed by atoms with E-state index in [9.17, 15) is 30.4 Å². The Kier molecular flexibility index (Phi) is 4.70. The first-order chi connectivity index (χ1) is 11.0. The Bertz CT molecular complexity index is 865. The molecule has 0 fully saturated rings. The van der Waals surface area contributed by atoms with Gasteiger partial charge in [-0.05, 0) is 31.2 Å². The third-order valence-corrected chi connectivity index (χ3v) is 4.28. The van der Waals surface area contributed by atoms with E-state index in [0.717, 1.165) is 37.3 Å². The van der Waals surface area contributed by atoms with Crippen molar-refractivity contribution in [2.75, 3.05) is 4.72 Å². The number of rotatable bonds is 4. The van der Waals surface area contributed by atoms with Gasteiger partial charge in [0.15, 0.2) is 5.82 Å². The van der Waals surface area contributed by atoms with Crippen LogP contribution in [0, 0.1) is 18.6 Å². The van der Waals surface area contributed by atoms with E-state index in [1.54, 1.807) is 0 Å². The van der Waals surface area contributed by atoms with Crippen molar-refractivity contribution >= 4 is 15.7 Å². The van der Waals surface area contributed by atoms with Gasteiger partial charge in [-0.3, -0.25) is 4.72 Å². The molecule has 0 saturated carbocycles. The molecular formula is C14H10F5NO3S. The molecule has 2 rings (SSSR count). The van der Waals surface area contributed by atoms with Gasteiger partial charge < -0.3 is 4.74 Å². The Morgan fingerprint density at radius 3 is 2.38 bits per heavy atom. The molecule has 0 saturated heterocycles. The van der Waals surface area contributed by atoms with Gasteiger partial charge in [0, 0.05) is 11.6 Å². The third-order valence-electron chi connectivity index (χ3n) is 2.91. The van der Waals surface area contributed by atoms with Crippen LogP contribution in [-0.2, 0) is 10.0 Å². The predicted octanol–water partition coefficient (Wildman–Crippen LogP) is 3.97. The van der Waals surface area contributed by atoms with Crippen LogP contribution in [0.5, 0.6) is 5.75 Å². The summed E-state index contributed by atoms with van der Waals surface area (Å²) in [7, 11) is -4.40. The van der Waals surface area contributed by atoms with E-state index in [4.69, 9.17) is 0 Å². The summed E-state index contributed by atoms with van der Waals surface area (Å²) in [5.74, 6) is -2.74. The number of benzene rings is 2. The minimum Gasteiger partial charge on any atom is -0.406 e. The average molecular weight is 367 g/mol. The Labute approximate surface area is 133 Å². The highest BCUT2D eigenvalue weighted by Crippen LogP contribution is 2.27. The molecule has 2 aromatic rings. The van der Waals surface area contributed by atoms with Gasteiger partial charge in [-0.2, -0.15) is 0 Å². The standard InChI is InChI=1S/C14H10F5NO3S/c1-8-11(15)5-6-12(13(8)16)20-24(21,22)10-4-2-3-9(7-10)23-14(17,18)19/h2-7,20H,1H3. The Morgan fingerprint density at radius 2 is 1.75 bits per heavy atom. The summed E-state index contributed by atoms with van der Waals surface area (Å²) >= 11 is 0. The van der Waals surface area contributed by atoms with Gasteiger partial charge in [-0.15, -0.1) is 13.2 Å². The maximum Gasteiger partial charge on any atom is 0.573 e. The number of alkyl halides is 3. The first-order valence-corrected chi connectivity index (χ1v) is 7.81. The fourth-order valence-corrected chi connectivity index (χ4v) is 2.88. The molecule has 0 bridgehead atoms. The van der Waals surface area contributed by atoms with Crippen molar-refractivity contribution in [3.05, 3.63) is 53.6 Å². The number of nitrogens with one attached hydrogen (secondary N) is 1. The van der Waals surface area contributed by atoms with E-state index in [1.807, 2.05) is 4.72 Å². The van der Waals surface area contributed by atoms with Gasteiger partial charge in [0.2, 0.25) is 0 Å². The lowest BCUT2D eigenvalue weighted by Gasteiger charge is -2.12. The van der Waals surface area contributed by atoms with Crippen LogP contribution >= 0.6 is 0 Å². The molecule has 0 amide bonds. The van der Waals surface area contributed by atoms with Gasteiger partial charge in [0.1, 0.15) is 11.6 Å². The highest BCUT2D eigenvalue weighted by atomic mass is 32.2. The molecule has 0 unspecified atom stereocenters. The fraction of sp³-hybridized carbons (Fsp3) is 0.143. The van der Waals surface area contributed by atoms with Crippen LogP contribution in [-0.4, -0.2) is 14.8 Å². The van der Waals surface area contributed by atoms with Crippen molar-refractivity contribution in [2.45, 2.75) is 18.2 Å². The molecule has 0 aromatic heterocycles. The summed E-state index contributed by atoms with van der Waals surface area (Å²) in [5, 5.41) is 0. The van der Waals surface area contributed by atoms with Crippen LogP contribution in [0.4, 0.5) is 27.6 Å². The number of halogens is 5. The minimum atomic E-state index is -4.99. The summed E-state index contributed by atoms with van der Waals surface area (Å²) in [6.45, 7) is 1.11. The quantitative estimate of drug-likeness (QED) is 0.832. The van der Waals surface area contributed by atoms with Crippen LogP contribution < -0.4 is 9.46 Å². The average Bonchev–Trinajstić information content (AvgIpc) is 2.46. The number of anilines is 1. The van der Waals surface area contributed by atoms with Crippen molar-refractivity contribution in [3.8, 4) is 5.75 Å². The number of sulfonamides is 1. The fourth-order valence-electron chi connectivity index (χ4n) is 1.78. The zero-order chi connectivity index (χ0) is 18.1. The molecule has 0 atom stereocenters. The molecular weight excluding hydrogens is 357 g/mol. The second kappa shape index (κ2) is 6.27. The first kappa shape index (κ1) is 18.0. The van der Waals surface area contributed by atoms with E-state index in [-0.39, 0.29) is 0 Å². The Balaban J connectivity index is 2.35. The summed E-state index contributed by atoms with van der Waals surface area (Å²) in [4.78, 5) is -0.578. The molecule has 1 N–H and O–H groups in total. The molecule has 2 aromatic carbocycles. The molecule has 0 heterocycles. The minimum absolute atomic E-state index is 0.399. The number of hydrogen-bond acceptors (Lipinski definition) is 3. The highest BCUT2D eigenvalue weighted by Gasteiger charge is 2.31. The van der Waals surface area contributed by atoms with Gasteiger partial charge in [-0.25, -0.2) is 17.2 Å². The highest BCUT2D eigenvalue weighted by molar-refractivity contribution is 7.92. The topological polar surface area (TPSA) is 55.4 Å². The van der Waals surface area contributed by atoms with Crippen LogP contribution in [0.1, 0.15) is 5.56 Å². The smallest absolute Gasteiger partial charge is 0.406 e. The number of ether oxygens (including phenoxy) is 1. The number of hydrogen-bond donors (Lipinski definition) is 1. The van der Waals surface area contributed by atoms with Crippen LogP contribution in [0.2, 0.25) is 0 Å². The van der Waals surface area contributed by atoms with E-state index < -0.39 is 49.9 Å². The molecule has 0 spiro atoms. The predicted molar refractivity (Wildman–Crippen MR) is 75.0 cm³/mol. The molecule has 4 nitrogen and oxygen atoms in total. The zero-order valence-corrected chi connectivity index (χ0v) is 12.8. The van der Waals surface area contributed by atoms with E-state index in [2.05, 4.69) is 4.74 Å². The molecule has 130 valence electrons. The normalized spacial score (nSPS) is 12.1. The van der Waals surface area contributed by atoms with Crippen molar-refractivity contribution in [2.24, 2.45) is 0 Å².